The number of aliphatic carboxylic acids is 1. The van der Waals surface area contributed by atoms with E-state index in [4.69, 9.17) is 27.8 Å². The van der Waals surface area contributed by atoms with Gasteiger partial charge in [-0.15, -0.1) is 0 Å². The number of ether oxygens (including phenoxy) is 4. The highest BCUT2D eigenvalue weighted by molar-refractivity contribution is 6.75. The molecule has 0 radical (unpaired) electrons. The van der Waals surface area contributed by atoms with Crippen LogP contribution in [-0.2, 0) is 33.5 Å². The summed E-state index contributed by atoms with van der Waals surface area (Å²) in [5, 5.41) is 21.7. The summed E-state index contributed by atoms with van der Waals surface area (Å²) in [5.74, 6) is -0.548. The number of carbonyl (C=O) groups is 1. The van der Waals surface area contributed by atoms with Crippen LogP contribution in [0.5, 0.6) is 5.75 Å². The third kappa shape index (κ3) is 16.5. The predicted octanol–water partition coefficient (Wildman–Crippen LogP) is 15.3. The first-order valence-electron chi connectivity index (χ1n) is 27.2. The molecule has 2 N–H and O–H groups in total. The molecule has 0 aliphatic rings. The second-order valence-electron chi connectivity index (χ2n) is 21.1. The molecule has 3 aromatic carbocycles. The molecule has 0 fully saturated rings. The van der Waals surface area contributed by atoms with Crippen LogP contribution in [0.25, 0.3) is 0 Å². The molecule has 3 rings (SSSR count). The van der Waals surface area contributed by atoms with Gasteiger partial charge in [-0.2, -0.15) is 0 Å². The molecular formula is C62H96O9Si2. The lowest BCUT2D eigenvalue weighted by atomic mass is 9.79. The summed E-state index contributed by atoms with van der Waals surface area (Å²) in [4.78, 5) is 12.0. The summed E-state index contributed by atoms with van der Waals surface area (Å²) < 4.78 is 39.4. The van der Waals surface area contributed by atoms with Gasteiger partial charge in [0.05, 0.1) is 39.1 Å². The first-order valence-corrected chi connectivity index (χ1v) is 32.0. The molecule has 3 aromatic rings. The maximum absolute atomic E-state index is 12.0. The van der Waals surface area contributed by atoms with Gasteiger partial charge < -0.3 is 38.0 Å². The third-order valence-electron chi connectivity index (χ3n) is 15.9. The summed E-state index contributed by atoms with van der Waals surface area (Å²) in [5.41, 5.74) is 4.83. The van der Waals surface area contributed by atoms with Crippen molar-refractivity contribution in [3.63, 3.8) is 0 Å². The average molecular weight is 1040 g/mol. The number of carboxylic acid groups (broad SMARTS) is 1. The van der Waals surface area contributed by atoms with Crippen LogP contribution in [-0.4, -0.2) is 85.2 Å². The van der Waals surface area contributed by atoms with E-state index in [1.807, 2.05) is 74.5 Å². The summed E-state index contributed by atoms with van der Waals surface area (Å²) in [6, 6.07) is 32.6. The number of rotatable bonds is 33. The minimum Gasteiger partial charge on any atom is -0.497 e. The van der Waals surface area contributed by atoms with Crippen molar-refractivity contribution in [1.82, 2.24) is 0 Å². The highest BCUT2D eigenvalue weighted by atomic mass is 28.4. The van der Waals surface area contributed by atoms with Crippen molar-refractivity contribution in [2.45, 2.75) is 175 Å². The predicted molar refractivity (Wildman–Crippen MR) is 307 cm³/mol. The van der Waals surface area contributed by atoms with E-state index < -0.39 is 40.4 Å². The molecule has 0 unspecified atom stereocenters. The number of methoxy groups -OCH3 is 3. The average Bonchev–Trinajstić information content (AvgIpc) is 3.39. The molecule has 0 amide bonds. The van der Waals surface area contributed by atoms with Crippen LogP contribution in [0.4, 0.5) is 0 Å². The standard InChI is InChI=1S/C62H96O9Si2/c1-18-55(60(71-73(21-4,22-5)45(8)9)49(13)41-47(11)42-57(68-17)61(64)65)59(70-72(19-2,20-3)44(6)7)48(12)40-46(10)30-29-35-56(67-16)58(63)50(14)43-69-62(51-31-25-23-26-32-51,52-33-27-24-28-34-52)53-36-38-54(66-15)39-37-53/h23-39,41-42,44-45,48-50,55-56,58-60,63H,18-22,40,43H2,1-17H3,(H,64,65)/b35-29+,46-30+,47-41+,57-42-/t48-,49-,50+,55+,56+,58-,59+,60-/m1/s1. The Hall–Kier alpha value is -4.08. The number of allylic oxidation sites excluding steroid dienone is 5. The minimum atomic E-state index is -2.23. The monoisotopic (exact) mass is 1040 g/mol. The van der Waals surface area contributed by atoms with Crippen LogP contribution in [0.15, 0.2) is 132 Å². The zero-order chi connectivity index (χ0) is 54.5. The lowest BCUT2D eigenvalue weighted by Gasteiger charge is -2.48. The summed E-state index contributed by atoms with van der Waals surface area (Å²) in [6.07, 6.45) is 9.89. The maximum atomic E-state index is 12.0. The molecule has 73 heavy (non-hydrogen) atoms. The molecule has 0 heterocycles. The lowest BCUT2D eigenvalue weighted by molar-refractivity contribution is -0.136. The number of hydrogen-bond acceptors (Lipinski definition) is 8. The quantitative estimate of drug-likeness (QED) is 0.0202. The molecule has 0 saturated heterocycles. The van der Waals surface area contributed by atoms with Gasteiger partial charge in [-0.1, -0.05) is 191 Å². The maximum Gasteiger partial charge on any atom is 0.371 e. The number of aliphatic hydroxyl groups is 1. The second-order valence-corrected chi connectivity index (χ2v) is 30.9. The van der Waals surface area contributed by atoms with Gasteiger partial charge in [0.15, 0.2) is 16.6 Å². The van der Waals surface area contributed by atoms with E-state index in [1.165, 1.54) is 12.7 Å². The Labute approximate surface area is 444 Å². The molecule has 8 atom stereocenters. The van der Waals surface area contributed by atoms with Crippen LogP contribution in [0.3, 0.4) is 0 Å². The second kappa shape index (κ2) is 30.5. The SMILES string of the molecule is CC[C@@H]([C@@H](O[Si](CC)(CC)C(C)C)[C@H](C)C/C(C)=C/C=C/[C@H](OC)[C@H](O)[C@@H](C)COC(c1ccccc1)(c1ccccc1)c1ccc(OC)cc1)[C@H](O[Si](CC)(CC)C(C)C)[C@H](C)/C=C(C)/C=C(\OC)C(=O)O. The first kappa shape index (κ1) is 63.2. The van der Waals surface area contributed by atoms with Gasteiger partial charge in [0.25, 0.3) is 0 Å². The van der Waals surface area contributed by atoms with Crippen LogP contribution in [0, 0.1) is 23.7 Å². The van der Waals surface area contributed by atoms with E-state index in [1.54, 1.807) is 20.3 Å². The van der Waals surface area contributed by atoms with E-state index in [9.17, 15) is 15.0 Å². The summed E-state index contributed by atoms with van der Waals surface area (Å²) >= 11 is 0. The summed E-state index contributed by atoms with van der Waals surface area (Å²) in [6.45, 7) is 31.7. The molecule has 406 valence electrons. The van der Waals surface area contributed by atoms with Gasteiger partial charge in [0, 0.05) is 18.9 Å². The van der Waals surface area contributed by atoms with Crippen molar-refractivity contribution in [2.75, 3.05) is 27.9 Å². The Kier molecular flexibility index (Phi) is 26.4. The zero-order valence-corrected chi connectivity index (χ0v) is 49.9. The first-order chi connectivity index (χ1) is 34.7. The molecular weight excluding hydrogens is 945 g/mol. The van der Waals surface area contributed by atoms with Crippen molar-refractivity contribution < 1.29 is 42.8 Å². The minimum absolute atomic E-state index is 0.0335. The van der Waals surface area contributed by atoms with Crippen molar-refractivity contribution in [3.05, 3.63) is 149 Å². The molecule has 0 aliphatic heterocycles. The largest absolute Gasteiger partial charge is 0.497 e. The Balaban J connectivity index is 2.03. The normalized spacial score (nSPS) is 16.8. The van der Waals surface area contributed by atoms with Gasteiger partial charge in [0.1, 0.15) is 17.5 Å². The van der Waals surface area contributed by atoms with Crippen molar-refractivity contribution in [2.24, 2.45) is 23.7 Å². The molecule has 0 spiro atoms. The Bertz CT molecular complexity index is 2140. The van der Waals surface area contributed by atoms with Crippen molar-refractivity contribution >= 4 is 22.6 Å². The van der Waals surface area contributed by atoms with E-state index >= 15 is 0 Å². The zero-order valence-electron chi connectivity index (χ0n) is 47.9. The summed E-state index contributed by atoms with van der Waals surface area (Å²) in [7, 11) is 0.252. The topological polar surface area (TPSA) is 113 Å². The van der Waals surface area contributed by atoms with Crippen LogP contribution in [0.2, 0.25) is 35.3 Å². The smallest absolute Gasteiger partial charge is 0.371 e. The molecule has 11 heteroatoms. The Morgan fingerprint density at radius 2 is 1.18 bits per heavy atom. The fourth-order valence-electron chi connectivity index (χ4n) is 11.1. The van der Waals surface area contributed by atoms with Gasteiger partial charge in [0.2, 0.25) is 5.76 Å². The molecule has 0 aromatic heterocycles. The fourth-order valence-corrected chi connectivity index (χ4v) is 18.4. The highest BCUT2D eigenvalue weighted by Gasteiger charge is 2.47. The number of aliphatic hydroxyl groups excluding tert-OH is 1. The van der Waals surface area contributed by atoms with Gasteiger partial charge >= 0.3 is 5.97 Å². The molecule has 0 bridgehead atoms. The fraction of sp³-hybridized carbons (Fsp3) is 0.565. The number of hydrogen-bond donors (Lipinski definition) is 2. The van der Waals surface area contributed by atoms with Crippen LogP contribution < -0.4 is 4.74 Å². The van der Waals surface area contributed by atoms with Crippen LogP contribution >= 0.6 is 0 Å². The molecule has 0 aliphatic carbocycles. The van der Waals surface area contributed by atoms with E-state index in [-0.39, 0.29) is 48.2 Å². The number of carboxylic acids is 1. The highest BCUT2D eigenvalue weighted by Crippen LogP contribution is 2.44. The van der Waals surface area contributed by atoms with Crippen molar-refractivity contribution in [3.8, 4) is 5.75 Å². The Morgan fingerprint density at radius 1 is 0.685 bits per heavy atom. The van der Waals surface area contributed by atoms with E-state index in [0.717, 1.165) is 65.0 Å². The van der Waals surface area contributed by atoms with Gasteiger partial charge in [-0.3, -0.25) is 0 Å². The van der Waals surface area contributed by atoms with Crippen LogP contribution in [0.1, 0.15) is 126 Å². The molecule has 9 nitrogen and oxygen atoms in total. The van der Waals surface area contributed by atoms with Crippen molar-refractivity contribution in [1.29, 1.82) is 0 Å². The number of benzene rings is 3. The Morgan fingerprint density at radius 3 is 1.60 bits per heavy atom. The van der Waals surface area contributed by atoms with Gasteiger partial charge in [-0.05, 0) is 109 Å². The van der Waals surface area contributed by atoms with E-state index in [2.05, 4.69) is 132 Å². The van der Waals surface area contributed by atoms with E-state index in [0.29, 0.717) is 11.1 Å². The molecule has 0 saturated carbocycles. The third-order valence-corrected chi connectivity index (χ3v) is 26.4. The lowest BCUT2D eigenvalue weighted by Crippen LogP contribution is -2.54. The van der Waals surface area contributed by atoms with Gasteiger partial charge in [-0.25, -0.2) is 4.79 Å².